The molecule has 26 heavy (non-hydrogen) atoms. The van der Waals surface area contributed by atoms with Crippen LogP contribution in [-0.2, 0) is 10.8 Å². The molecule has 0 spiro atoms. The molecular formula is C22H41O3P. The molecule has 152 valence electrons. The van der Waals surface area contributed by atoms with Crippen molar-refractivity contribution in [1.82, 2.24) is 0 Å². The van der Waals surface area contributed by atoms with E-state index in [1.807, 2.05) is 12.1 Å². The van der Waals surface area contributed by atoms with Crippen molar-refractivity contribution < 1.29 is 14.7 Å². The monoisotopic (exact) mass is 384 g/mol. The van der Waals surface area contributed by atoms with E-state index in [0.29, 0.717) is 5.30 Å². The summed E-state index contributed by atoms with van der Waals surface area (Å²) in [5, 5.41) is 0.339. The second kappa shape index (κ2) is 7.87. The molecule has 3 N–H and O–H groups in total. The van der Waals surface area contributed by atoms with Crippen LogP contribution in [0.15, 0.2) is 18.2 Å². The van der Waals surface area contributed by atoms with Gasteiger partial charge in [-0.15, -0.1) is 0 Å². The standard InChI is InChI=1S/C22H41O3P/c1-9-11-12-17(10-2)16-26(23,24,25)20-14-13-18(21(3,4)5)15-19(20)22(6,7)8/h13-15,17,23-25H,9-12,16H2,1-8H3. The topological polar surface area (TPSA) is 60.7 Å². The molecule has 0 heterocycles. The summed E-state index contributed by atoms with van der Waals surface area (Å²) >= 11 is 0. The van der Waals surface area contributed by atoms with Crippen molar-refractivity contribution in [3.05, 3.63) is 29.3 Å². The van der Waals surface area contributed by atoms with Crippen LogP contribution in [0.1, 0.15) is 92.2 Å². The Kier molecular flexibility index (Phi) is 7.14. The van der Waals surface area contributed by atoms with Gasteiger partial charge < -0.3 is 0 Å². The molecule has 1 aromatic carbocycles. The molecule has 1 atom stereocenters. The first-order valence-corrected chi connectivity index (χ1v) is 12.3. The van der Waals surface area contributed by atoms with Gasteiger partial charge in [0.25, 0.3) is 0 Å². The number of rotatable bonds is 7. The van der Waals surface area contributed by atoms with E-state index >= 15 is 0 Å². The third-order valence-corrected chi connectivity index (χ3v) is 7.87. The van der Waals surface area contributed by atoms with E-state index in [1.165, 1.54) is 0 Å². The fourth-order valence-corrected chi connectivity index (χ4v) is 6.36. The summed E-state index contributed by atoms with van der Waals surface area (Å²) in [6.07, 6.45) is 3.92. The fraction of sp³-hybridized carbons (Fsp3) is 0.727. The Balaban J connectivity index is 3.45. The van der Waals surface area contributed by atoms with E-state index < -0.39 is 7.28 Å². The maximum absolute atomic E-state index is 11.1. The van der Waals surface area contributed by atoms with E-state index in [4.69, 9.17) is 0 Å². The normalized spacial score (nSPS) is 16.2. The quantitative estimate of drug-likeness (QED) is 0.552. The van der Waals surface area contributed by atoms with Crippen LogP contribution in [0.5, 0.6) is 0 Å². The van der Waals surface area contributed by atoms with Crippen LogP contribution in [0.2, 0.25) is 0 Å². The minimum absolute atomic E-state index is 0.0393. The molecule has 0 aromatic heterocycles. The van der Waals surface area contributed by atoms with Crippen LogP contribution < -0.4 is 5.30 Å². The number of hydrogen-bond acceptors (Lipinski definition) is 3. The average Bonchev–Trinajstić information content (AvgIpc) is 2.48. The summed E-state index contributed by atoms with van der Waals surface area (Å²) in [5.41, 5.74) is 1.64. The molecule has 0 aliphatic carbocycles. The van der Waals surface area contributed by atoms with Gasteiger partial charge in [-0.25, -0.2) is 0 Å². The van der Waals surface area contributed by atoms with E-state index in [1.54, 1.807) is 6.07 Å². The summed E-state index contributed by atoms with van der Waals surface area (Å²) in [4.78, 5) is 33.4. The Morgan fingerprint density at radius 3 is 1.92 bits per heavy atom. The summed E-state index contributed by atoms with van der Waals surface area (Å²) in [7, 11) is -4.94. The first-order valence-electron chi connectivity index (χ1n) is 10.0. The van der Waals surface area contributed by atoms with E-state index in [9.17, 15) is 14.7 Å². The van der Waals surface area contributed by atoms with Gasteiger partial charge in [0.2, 0.25) is 0 Å². The predicted molar refractivity (Wildman–Crippen MR) is 115 cm³/mol. The molecule has 0 saturated carbocycles. The van der Waals surface area contributed by atoms with Crippen LogP contribution in [0.25, 0.3) is 0 Å². The number of unbranched alkanes of at least 4 members (excludes halogenated alkanes) is 1. The summed E-state index contributed by atoms with van der Waals surface area (Å²) in [6.45, 7) is 16.8. The summed E-state index contributed by atoms with van der Waals surface area (Å²) in [5.74, 6) is 0.114. The molecule has 0 radical (unpaired) electrons. The van der Waals surface area contributed by atoms with Gasteiger partial charge in [0.15, 0.2) is 0 Å². The molecule has 1 unspecified atom stereocenters. The predicted octanol–water partition coefficient (Wildman–Crippen LogP) is 5.40. The molecule has 0 aliphatic heterocycles. The van der Waals surface area contributed by atoms with Crippen molar-refractivity contribution in [3.8, 4) is 0 Å². The van der Waals surface area contributed by atoms with Crippen LogP contribution >= 0.6 is 7.28 Å². The third-order valence-electron chi connectivity index (χ3n) is 5.30. The van der Waals surface area contributed by atoms with Gasteiger partial charge in [-0.3, -0.25) is 0 Å². The molecule has 0 bridgehead atoms. The Morgan fingerprint density at radius 1 is 0.923 bits per heavy atom. The Hall–Kier alpha value is -0.470. The van der Waals surface area contributed by atoms with Crippen molar-refractivity contribution in [2.24, 2.45) is 5.92 Å². The Labute approximate surface area is 161 Å². The van der Waals surface area contributed by atoms with E-state index in [-0.39, 0.29) is 22.9 Å². The van der Waals surface area contributed by atoms with Gasteiger partial charge in [-0.05, 0) is 0 Å². The van der Waals surface area contributed by atoms with E-state index in [0.717, 1.165) is 36.8 Å². The van der Waals surface area contributed by atoms with Gasteiger partial charge in [-0.1, -0.05) is 0 Å². The fourth-order valence-electron chi connectivity index (χ4n) is 3.49. The van der Waals surface area contributed by atoms with Crippen molar-refractivity contribution in [2.75, 3.05) is 6.16 Å². The molecular weight excluding hydrogens is 343 g/mol. The second-order valence-electron chi connectivity index (χ2n) is 9.98. The minimum atomic E-state index is -4.94. The molecule has 4 heteroatoms. The summed E-state index contributed by atoms with van der Waals surface area (Å²) in [6, 6.07) is 5.74. The average molecular weight is 385 g/mol. The van der Waals surface area contributed by atoms with Crippen molar-refractivity contribution in [1.29, 1.82) is 0 Å². The van der Waals surface area contributed by atoms with Gasteiger partial charge in [0.05, 0.1) is 0 Å². The van der Waals surface area contributed by atoms with Crippen LogP contribution in [-0.4, -0.2) is 20.8 Å². The van der Waals surface area contributed by atoms with Gasteiger partial charge in [0, 0.05) is 0 Å². The third kappa shape index (κ3) is 6.02. The zero-order chi connectivity index (χ0) is 20.4. The van der Waals surface area contributed by atoms with Gasteiger partial charge in [0.1, 0.15) is 0 Å². The Bertz CT molecular complexity index is 601. The van der Waals surface area contributed by atoms with Crippen LogP contribution in [0, 0.1) is 5.92 Å². The van der Waals surface area contributed by atoms with Gasteiger partial charge in [-0.2, -0.15) is 0 Å². The zero-order valence-corrected chi connectivity index (χ0v) is 19.0. The second-order valence-corrected chi connectivity index (χ2v) is 13.1. The van der Waals surface area contributed by atoms with Gasteiger partial charge >= 0.3 is 161 Å². The number of hydrogen-bond donors (Lipinski definition) is 3. The zero-order valence-electron chi connectivity index (χ0n) is 18.1. The summed E-state index contributed by atoms with van der Waals surface area (Å²) < 4.78 is 0. The molecule has 0 amide bonds. The Morgan fingerprint density at radius 2 is 1.50 bits per heavy atom. The molecule has 1 rings (SSSR count). The molecule has 3 nitrogen and oxygen atoms in total. The van der Waals surface area contributed by atoms with Crippen molar-refractivity contribution >= 4 is 12.6 Å². The first-order chi connectivity index (χ1) is 11.6. The SMILES string of the molecule is CCCCC(CC)CP(O)(O)(O)c1ccc(C(C)(C)C)cc1C(C)(C)C. The van der Waals surface area contributed by atoms with Crippen molar-refractivity contribution in [2.45, 2.75) is 91.9 Å². The first kappa shape index (κ1) is 23.6. The van der Waals surface area contributed by atoms with E-state index in [2.05, 4.69) is 55.4 Å². The van der Waals surface area contributed by atoms with Crippen LogP contribution in [0.3, 0.4) is 0 Å². The van der Waals surface area contributed by atoms with Crippen LogP contribution in [0.4, 0.5) is 0 Å². The molecule has 0 aliphatic rings. The number of benzene rings is 1. The molecule has 1 aromatic rings. The molecule has 0 fully saturated rings. The molecule has 0 saturated heterocycles. The van der Waals surface area contributed by atoms with Crippen molar-refractivity contribution in [3.63, 3.8) is 0 Å². The maximum atomic E-state index is 11.1.